The molecule has 3 atom stereocenters. The summed E-state index contributed by atoms with van der Waals surface area (Å²) < 4.78 is 0. The summed E-state index contributed by atoms with van der Waals surface area (Å²) in [5.41, 5.74) is 0. The lowest BCUT2D eigenvalue weighted by Gasteiger charge is -2.28. The van der Waals surface area contributed by atoms with Crippen LogP contribution in [0, 0.1) is 23.7 Å². The van der Waals surface area contributed by atoms with Crippen molar-refractivity contribution < 1.29 is 4.79 Å². The Morgan fingerprint density at radius 3 is 2.15 bits per heavy atom. The van der Waals surface area contributed by atoms with Gasteiger partial charge < -0.3 is 9.80 Å². The number of carbonyl (C=O) groups excluding carboxylic acids is 1. The number of likely N-dealkylation sites (tertiary alicyclic amines) is 1. The molecule has 2 aliphatic rings. The Labute approximate surface area is 124 Å². The molecule has 1 heterocycles. The maximum absolute atomic E-state index is 12.1. The fraction of sp³-hybridized carbons (Fsp3) is 0.941. The molecule has 116 valence electrons. The quantitative estimate of drug-likeness (QED) is 0.773. The van der Waals surface area contributed by atoms with E-state index in [4.69, 9.17) is 0 Å². The van der Waals surface area contributed by atoms with Gasteiger partial charge in [-0.2, -0.15) is 0 Å². The van der Waals surface area contributed by atoms with Crippen LogP contribution >= 0.6 is 0 Å². The van der Waals surface area contributed by atoms with Crippen molar-refractivity contribution in [2.75, 3.05) is 26.7 Å². The first-order valence-corrected chi connectivity index (χ1v) is 8.37. The molecule has 1 amide bonds. The zero-order valence-corrected chi connectivity index (χ0v) is 13.9. The van der Waals surface area contributed by atoms with Gasteiger partial charge in [-0.1, -0.05) is 27.7 Å². The zero-order chi connectivity index (χ0) is 14.9. The van der Waals surface area contributed by atoms with Crippen molar-refractivity contribution in [1.29, 1.82) is 0 Å². The van der Waals surface area contributed by atoms with Crippen LogP contribution in [0.15, 0.2) is 0 Å². The molecule has 1 saturated heterocycles. The number of rotatable bonds is 5. The molecule has 0 bridgehead atoms. The van der Waals surface area contributed by atoms with Crippen LogP contribution in [0.2, 0.25) is 0 Å². The van der Waals surface area contributed by atoms with Gasteiger partial charge in [0.25, 0.3) is 0 Å². The number of carbonyl (C=O) groups is 1. The van der Waals surface area contributed by atoms with Crippen LogP contribution in [-0.4, -0.2) is 48.4 Å². The van der Waals surface area contributed by atoms with Crippen molar-refractivity contribution in [1.82, 2.24) is 9.80 Å². The molecule has 0 radical (unpaired) electrons. The second kappa shape index (κ2) is 6.46. The van der Waals surface area contributed by atoms with Crippen molar-refractivity contribution in [3.8, 4) is 0 Å². The van der Waals surface area contributed by atoms with Crippen LogP contribution in [0.3, 0.4) is 0 Å². The van der Waals surface area contributed by atoms with Crippen molar-refractivity contribution in [2.24, 2.45) is 23.7 Å². The summed E-state index contributed by atoms with van der Waals surface area (Å²) in [6.45, 7) is 12.4. The van der Waals surface area contributed by atoms with Gasteiger partial charge in [0.2, 0.25) is 5.91 Å². The van der Waals surface area contributed by atoms with Crippen LogP contribution < -0.4 is 0 Å². The highest BCUT2D eigenvalue weighted by molar-refractivity contribution is 5.78. The molecule has 2 rings (SSSR count). The summed E-state index contributed by atoms with van der Waals surface area (Å²) in [6.07, 6.45) is 3.75. The summed E-state index contributed by atoms with van der Waals surface area (Å²) in [5, 5.41) is 0. The third kappa shape index (κ3) is 3.55. The Kier molecular flexibility index (Phi) is 5.11. The maximum Gasteiger partial charge on any atom is 0.225 e. The van der Waals surface area contributed by atoms with E-state index >= 15 is 0 Å². The standard InChI is InChI=1S/C17H32N2O/c1-12(2)6-7-19-10-14-8-16(9-15(14)11-19)18(5)17(20)13(3)4/h12-16H,6-11H2,1-5H3/t14-,15+,16?. The van der Waals surface area contributed by atoms with E-state index in [9.17, 15) is 4.79 Å². The number of nitrogens with zero attached hydrogens (tertiary/aromatic N) is 2. The smallest absolute Gasteiger partial charge is 0.225 e. The van der Waals surface area contributed by atoms with E-state index in [0.717, 1.165) is 17.8 Å². The molecule has 0 spiro atoms. The van der Waals surface area contributed by atoms with Crippen LogP contribution in [0.25, 0.3) is 0 Å². The maximum atomic E-state index is 12.1. The molecule has 0 aromatic carbocycles. The predicted octanol–water partition coefficient (Wildman–Crippen LogP) is 2.86. The minimum atomic E-state index is 0.128. The fourth-order valence-corrected chi connectivity index (χ4v) is 3.89. The molecule has 1 aliphatic carbocycles. The summed E-state index contributed by atoms with van der Waals surface area (Å²) >= 11 is 0. The van der Waals surface area contributed by atoms with Gasteiger partial charge in [0, 0.05) is 32.1 Å². The SMILES string of the molecule is CC(C)CCN1C[C@H]2CC(N(C)C(=O)C(C)C)C[C@H]2C1. The molecule has 0 aromatic rings. The zero-order valence-electron chi connectivity index (χ0n) is 13.9. The van der Waals surface area contributed by atoms with Crippen LogP contribution in [0.1, 0.15) is 47.0 Å². The van der Waals surface area contributed by atoms with Crippen LogP contribution in [-0.2, 0) is 4.79 Å². The van der Waals surface area contributed by atoms with Crippen molar-refractivity contribution in [3.05, 3.63) is 0 Å². The first-order valence-electron chi connectivity index (χ1n) is 8.37. The van der Waals surface area contributed by atoms with Gasteiger partial charge in [-0.15, -0.1) is 0 Å². The van der Waals surface area contributed by atoms with Gasteiger partial charge in [0.05, 0.1) is 0 Å². The lowest BCUT2D eigenvalue weighted by molar-refractivity contribution is -0.135. The van der Waals surface area contributed by atoms with Crippen LogP contribution in [0.4, 0.5) is 0 Å². The Morgan fingerprint density at radius 2 is 1.70 bits per heavy atom. The largest absolute Gasteiger partial charge is 0.343 e. The molecular formula is C17H32N2O. The Morgan fingerprint density at radius 1 is 1.15 bits per heavy atom. The number of hydrogen-bond acceptors (Lipinski definition) is 2. The van der Waals surface area contributed by atoms with Crippen molar-refractivity contribution in [3.63, 3.8) is 0 Å². The molecule has 1 saturated carbocycles. The average Bonchev–Trinajstić information content (AvgIpc) is 2.92. The summed E-state index contributed by atoms with van der Waals surface area (Å²) in [4.78, 5) is 16.8. The topological polar surface area (TPSA) is 23.6 Å². The minimum absolute atomic E-state index is 0.128. The molecule has 3 nitrogen and oxygen atoms in total. The first-order chi connectivity index (χ1) is 9.38. The highest BCUT2D eigenvalue weighted by Crippen LogP contribution is 2.40. The Balaban J connectivity index is 1.80. The van der Waals surface area contributed by atoms with E-state index in [0.29, 0.717) is 11.9 Å². The molecular weight excluding hydrogens is 248 g/mol. The second-order valence-corrected chi connectivity index (χ2v) is 7.69. The third-order valence-corrected chi connectivity index (χ3v) is 5.21. The summed E-state index contributed by atoms with van der Waals surface area (Å²) in [5.74, 6) is 2.90. The van der Waals surface area contributed by atoms with E-state index in [1.54, 1.807) is 0 Å². The van der Waals surface area contributed by atoms with Crippen molar-refractivity contribution >= 4 is 5.91 Å². The molecule has 1 unspecified atom stereocenters. The van der Waals surface area contributed by atoms with Gasteiger partial charge in [-0.3, -0.25) is 4.79 Å². The first kappa shape index (κ1) is 15.8. The summed E-state index contributed by atoms with van der Waals surface area (Å²) in [6, 6.07) is 0.493. The molecule has 0 N–H and O–H groups in total. The highest BCUT2D eigenvalue weighted by atomic mass is 16.2. The van der Waals surface area contributed by atoms with Gasteiger partial charge in [0.1, 0.15) is 0 Å². The number of amides is 1. The van der Waals surface area contributed by atoms with E-state index in [2.05, 4.69) is 18.7 Å². The Hall–Kier alpha value is -0.570. The minimum Gasteiger partial charge on any atom is -0.343 e. The lowest BCUT2D eigenvalue weighted by atomic mass is 10.0. The molecule has 20 heavy (non-hydrogen) atoms. The van der Waals surface area contributed by atoms with Gasteiger partial charge in [-0.05, 0) is 43.6 Å². The van der Waals surface area contributed by atoms with E-state index in [-0.39, 0.29) is 5.92 Å². The number of hydrogen-bond donors (Lipinski definition) is 0. The molecule has 3 heteroatoms. The van der Waals surface area contributed by atoms with E-state index < -0.39 is 0 Å². The third-order valence-electron chi connectivity index (χ3n) is 5.21. The van der Waals surface area contributed by atoms with Gasteiger partial charge >= 0.3 is 0 Å². The van der Waals surface area contributed by atoms with E-state index in [1.165, 1.54) is 38.9 Å². The van der Waals surface area contributed by atoms with Gasteiger partial charge in [0.15, 0.2) is 0 Å². The number of fused-ring (bicyclic) bond motifs is 1. The molecule has 1 aliphatic heterocycles. The van der Waals surface area contributed by atoms with Gasteiger partial charge in [-0.25, -0.2) is 0 Å². The average molecular weight is 280 g/mol. The van der Waals surface area contributed by atoms with Crippen LogP contribution in [0.5, 0.6) is 0 Å². The van der Waals surface area contributed by atoms with E-state index in [1.807, 2.05) is 25.8 Å². The Bertz CT molecular complexity index is 326. The monoisotopic (exact) mass is 280 g/mol. The normalized spacial score (nSPS) is 30.2. The van der Waals surface area contributed by atoms with Crippen molar-refractivity contribution in [2.45, 2.75) is 53.0 Å². The second-order valence-electron chi connectivity index (χ2n) is 7.69. The fourth-order valence-electron chi connectivity index (χ4n) is 3.89. The molecule has 2 fully saturated rings. The highest BCUT2D eigenvalue weighted by Gasteiger charge is 2.42. The lowest BCUT2D eigenvalue weighted by Crippen LogP contribution is -2.39. The predicted molar refractivity (Wildman–Crippen MR) is 83.5 cm³/mol. The molecule has 0 aromatic heterocycles. The summed E-state index contributed by atoms with van der Waals surface area (Å²) in [7, 11) is 2.00.